The number of aryl methyl sites for hydroxylation is 1. The lowest BCUT2D eigenvalue weighted by atomic mass is 10.1. The molecular formula is C11H16N4. The Morgan fingerprint density at radius 2 is 2.20 bits per heavy atom. The van der Waals surface area contributed by atoms with Crippen LogP contribution >= 0.6 is 0 Å². The lowest BCUT2D eigenvalue weighted by Gasteiger charge is -2.29. The standard InChI is InChI=1S/C11H16N4/c1-9-11(14-8-13-9)10(7-12)15-5-3-2-4-6-15/h8,10H,2-6H2,1H3,(H,13,14). The van der Waals surface area contributed by atoms with E-state index in [9.17, 15) is 5.26 Å². The number of aromatic amines is 1. The molecule has 0 radical (unpaired) electrons. The molecule has 0 saturated carbocycles. The van der Waals surface area contributed by atoms with E-state index in [1.165, 1.54) is 19.3 Å². The first kappa shape index (κ1) is 10.2. The first-order valence-corrected chi connectivity index (χ1v) is 5.46. The number of hydrogen-bond donors (Lipinski definition) is 1. The zero-order valence-corrected chi connectivity index (χ0v) is 9.03. The molecule has 4 heteroatoms. The monoisotopic (exact) mass is 204 g/mol. The van der Waals surface area contributed by atoms with Gasteiger partial charge in [-0.15, -0.1) is 0 Å². The highest BCUT2D eigenvalue weighted by Gasteiger charge is 2.24. The van der Waals surface area contributed by atoms with Gasteiger partial charge in [-0.2, -0.15) is 5.26 Å². The molecule has 4 nitrogen and oxygen atoms in total. The molecule has 1 unspecified atom stereocenters. The van der Waals surface area contributed by atoms with E-state index < -0.39 is 0 Å². The van der Waals surface area contributed by atoms with E-state index in [2.05, 4.69) is 20.9 Å². The van der Waals surface area contributed by atoms with Crippen LogP contribution in [0.2, 0.25) is 0 Å². The fourth-order valence-electron chi connectivity index (χ4n) is 2.14. The van der Waals surface area contributed by atoms with E-state index in [0.717, 1.165) is 24.5 Å². The van der Waals surface area contributed by atoms with Crippen molar-refractivity contribution in [1.82, 2.24) is 14.9 Å². The molecule has 1 fully saturated rings. The molecule has 1 aromatic rings. The molecule has 1 aliphatic heterocycles. The summed E-state index contributed by atoms with van der Waals surface area (Å²) in [5.41, 5.74) is 1.89. The Bertz CT molecular complexity index is 357. The Balaban J connectivity index is 2.17. The highest BCUT2D eigenvalue weighted by molar-refractivity contribution is 5.20. The zero-order valence-electron chi connectivity index (χ0n) is 9.03. The summed E-state index contributed by atoms with van der Waals surface area (Å²) in [5.74, 6) is 0. The second-order valence-corrected chi connectivity index (χ2v) is 4.04. The van der Waals surface area contributed by atoms with Crippen LogP contribution in [0.4, 0.5) is 0 Å². The second kappa shape index (κ2) is 4.45. The summed E-state index contributed by atoms with van der Waals surface area (Å²) in [5, 5.41) is 9.23. The van der Waals surface area contributed by atoms with Gasteiger partial charge in [-0.25, -0.2) is 4.98 Å². The van der Waals surface area contributed by atoms with E-state index in [1.807, 2.05) is 6.92 Å². The summed E-state index contributed by atoms with van der Waals surface area (Å²) in [4.78, 5) is 9.50. The number of likely N-dealkylation sites (tertiary alicyclic amines) is 1. The van der Waals surface area contributed by atoms with E-state index >= 15 is 0 Å². The minimum Gasteiger partial charge on any atom is -0.348 e. The molecule has 15 heavy (non-hydrogen) atoms. The maximum absolute atomic E-state index is 9.23. The van der Waals surface area contributed by atoms with E-state index in [4.69, 9.17) is 0 Å². The SMILES string of the molecule is Cc1[nH]cnc1C(C#N)N1CCCCC1. The topological polar surface area (TPSA) is 55.7 Å². The molecule has 80 valence electrons. The quantitative estimate of drug-likeness (QED) is 0.798. The van der Waals surface area contributed by atoms with Gasteiger partial charge in [0.05, 0.1) is 18.1 Å². The number of nitrogens with one attached hydrogen (secondary N) is 1. The Kier molecular flexibility index (Phi) is 3.02. The van der Waals surface area contributed by atoms with Crippen LogP contribution in [0.1, 0.15) is 36.7 Å². The predicted octanol–water partition coefficient (Wildman–Crippen LogP) is 1.77. The Morgan fingerprint density at radius 3 is 2.73 bits per heavy atom. The van der Waals surface area contributed by atoms with Gasteiger partial charge < -0.3 is 4.98 Å². The van der Waals surface area contributed by atoms with Gasteiger partial charge >= 0.3 is 0 Å². The van der Waals surface area contributed by atoms with Crippen LogP contribution in [0.15, 0.2) is 6.33 Å². The molecule has 1 atom stereocenters. The summed E-state index contributed by atoms with van der Waals surface area (Å²) < 4.78 is 0. The molecule has 1 N–H and O–H groups in total. The predicted molar refractivity (Wildman–Crippen MR) is 57.1 cm³/mol. The molecule has 1 aromatic heterocycles. The van der Waals surface area contributed by atoms with Crippen LogP contribution < -0.4 is 0 Å². The number of rotatable bonds is 2. The highest BCUT2D eigenvalue weighted by atomic mass is 15.2. The van der Waals surface area contributed by atoms with Gasteiger partial charge in [-0.3, -0.25) is 4.90 Å². The fourth-order valence-corrected chi connectivity index (χ4v) is 2.14. The number of imidazole rings is 1. The van der Waals surface area contributed by atoms with Crippen molar-refractivity contribution >= 4 is 0 Å². The van der Waals surface area contributed by atoms with Crippen LogP contribution in [-0.2, 0) is 0 Å². The van der Waals surface area contributed by atoms with Crippen molar-refractivity contribution in [2.75, 3.05) is 13.1 Å². The van der Waals surface area contributed by atoms with Gasteiger partial charge in [0.1, 0.15) is 6.04 Å². The third-order valence-electron chi connectivity index (χ3n) is 3.01. The number of hydrogen-bond acceptors (Lipinski definition) is 3. The fraction of sp³-hybridized carbons (Fsp3) is 0.636. The average Bonchev–Trinajstić information content (AvgIpc) is 2.68. The lowest BCUT2D eigenvalue weighted by molar-refractivity contribution is 0.193. The molecule has 0 aromatic carbocycles. The number of nitrogens with zero attached hydrogens (tertiary/aromatic N) is 3. The van der Waals surface area contributed by atoms with Gasteiger partial charge in [-0.05, 0) is 32.9 Å². The molecule has 1 saturated heterocycles. The third kappa shape index (κ3) is 2.02. The Hall–Kier alpha value is -1.34. The van der Waals surface area contributed by atoms with Crippen LogP contribution in [0.25, 0.3) is 0 Å². The zero-order chi connectivity index (χ0) is 10.7. The summed E-state index contributed by atoms with van der Waals surface area (Å²) in [6.45, 7) is 4.01. The number of piperidine rings is 1. The third-order valence-corrected chi connectivity index (χ3v) is 3.01. The van der Waals surface area contributed by atoms with E-state index in [1.54, 1.807) is 6.33 Å². The number of H-pyrrole nitrogens is 1. The highest BCUT2D eigenvalue weighted by Crippen LogP contribution is 2.23. The van der Waals surface area contributed by atoms with E-state index in [-0.39, 0.29) is 6.04 Å². The number of nitriles is 1. The Morgan fingerprint density at radius 1 is 1.47 bits per heavy atom. The number of aromatic nitrogens is 2. The van der Waals surface area contributed by atoms with Crippen molar-refractivity contribution in [1.29, 1.82) is 5.26 Å². The van der Waals surface area contributed by atoms with Crippen molar-refractivity contribution in [3.05, 3.63) is 17.7 Å². The largest absolute Gasteiger partial charge is 0.348 e. The van der Waals surface area contributed by atoms with E-state index in [0.29, 0.717) is 0 Å². The van der Waals surface area contributed by atoms with Crippen molar-refractivity contribution in [2.24, 2.45) is 0 Å². The summed E-state index contributed by atoms with van der Waals surface area (Å²) >= 11 is 0. The second-order valence-electron chi connectivity index (χ2n) is 4.04. The van der Waals surface area contributed by atoms with Gasteiger partial charge in [0.15, 0.2) is 0 Å². The maximum Gasteiger partial charge on any atom is 0.142 e. The summed E-state index contributed by atoms with van der Waals surface area (Å²) in [7, 11) is 0. The van der Waals surface area contributed by atoms with Crippen molar-refractivity contribution in [3.63, 3.8) is 0 Å². The van der Waals surface area contributed by atoms with Crippen molar-refractivity contribution in [3.8, 4) is 6.07 Å². The van der Waals surface area contributed by atoms with Crippen LogP contribution in [0.5, 0.6) is 0 Å². The normalized spacial score (nSPS) is 19.7. The van der Waals surface area contributed by atoms with Gasteiger partial charge in [-0.1, -0.05) is 6.42 Å². The summed E-state index contributed by atoms with van der Waals surface area (Å²) in [6, 6.07) is 2.19. The minimum absolute atomic E-state index is 0.170. The molecule has 1 aliphatic rings. The molecular weight excluding hydrogens is 188 g/mol. The smallest absolute Gasteiger partial charge is 0.142 e. The molecule has 0 bridgehead atoms. The minimum atomic E-state index is -0.170. The summed E-state index contributed by atoms with van der Waals surface area (Å²) in [6.07, 6.45) is 5.34. The van der Waals surface area contributed by atoms with Gasteiger partial charge in [0, 0.05) is 5.69 Å². The van der Waals surface area contributed by atoms with Gasteiger partial charge in [0.25, 0.3) is 0 Å². The van der Waals surface area contributed by atoms with Gasteiger partial charge in [0.2, 0.25) is 0 Å². The molecule has 2 rings (SSSR count). The average molecular weight is 204 g/mol. The molecule has 0 aliphatic carbocycles. The lowest BCUT2D eigenvalue weighted by Crippen LogP contribution is -2.33. The van der Waals surface area contributed by atoms with Crippen molar-refractivity contribution in [2.45, 2.75) is 32.2 Å². The first-order valence-electron chi connectivity index (χ1n) is 5.46. The van der Waals surface area contributed by atoms with Crippen molar-refractivity contribution < 1.29 is 0 Å². The van der Waals surface area contributed by atoms with Crippen LogP contribution in [0.3, 0.4) is 0 Å². The maximum atomic E-state index is 9.23. The Labute approximate surface area is 89.9 Å². The molecule has 0 spiro atoms. The first-order chi connectivity index (χ1) is 7.33. The van der Waals surface area contributed by atoms with Crippen LogP contribution in [0, 0.1) is 18.3 Å². The van der Waals surface area contributed by atoms with Crippen LogP contribution in [-0.4, -0.2) is 28.0 Å². The molecule has 2 heterocycles. The molecule has 0 amide bonds.